The van der Waals surface area contributed by atoms with Crippen molar-refractivity contribution in [1.82, 2.24) is 4.72 Å². The van der Waals surface area contributed by atoms with Crippen molar-refractivity contribution < 1.29 is 32.3 Å². The van der Waals surface area contributed by atoms with Gasteiger partial charge in [0.2, 0.25) is 0 Å². The van der Waals surface area contributed by atoms with Crippen LogP contribution in [0.25, 0.3) is 0 Å². The van der Waals surface area contributed by atoms with Crippen LogP contribution in [0, 0.1) is 0 Å². The number of esters is 2. The third-order valence-electron chi connectivity index (χ3n) is 2.55. The van der Waals surface area contributed by atoms with Crippen molar-refractivity contribution in [3.8, 4) is 0 Å². The van der Waals surface area contributed by atoms with Crippen molar-refractivity contribution in [3.05, 3.63) is 36.0 Å². The van der Waals surface area contributed by atoms with Gasteiger partial charge < -0.3 is 20.5 Å². The summed E-state index contributed by atoms with van der Waals surface area (Å²) >= 11 is 0. The fraction of sp³-hybridized carbons (Fsp3) is 0.154. The first-order valence-corrected chi connectivity index (χ1v) is 7.75. The number of hydrogen-bond donors (Lipinski definition) is 3. The number of nitrogens with one attached hydrogen (secondary N) is 2. The molecule has 24 heavy (non-hydrogen) atoms. The van der Waals surface area contributed by atoms with E-state index in [-0.39, 0.29) is 16.3 Å². The number of urea groups is 1. The standard InChI is InChI=1S/C13H15N3O7S/c1-22-11(17)7-10(12(18)23-2)15-8-3-5-9(6-4-8)24(20,21)16-13(14)19/h3-7,15H,1-2H3,(H3,14,16,19)/b10-7+. The summed E-state index contributed by atoms with van der Waals surface area (Å²) in [6.07, 6.45) is 0.880. The Morgan fingerprint density at radius 1 is 1.08 bits per heavy atom. The van der Waals surface area contributed by atoms with E-state index in [1.807, 2.05) is 0 Å². The number of ether oxygens (including phenoxy) is 2. The number of benzene rings is 1. The molecule has 0 aliphatic rings. The minimum Gasteiger partial charge on any atom is -0.466 e. The van der Waals surface area contributed by atoms with E-state index >= 15 is 0 Å². The van der Waals surface area contributed by atoms with E-state index in [0.717, 1.165) is 20.3 Å². The Balaban J connectivity index is 3.03. The molecular weight excluding hydrogens is 342 g/mol. The highest BCUT2D eigenvalue weighted by molar-refractivity contribution is 7.90. The molecule has 0 aliphatic heterocycles. The average molecular weight is 357 g/mol. The van der Waals surface area contributed by atoms with Gasteiger partial charge in [-0.1, -0.05) is 0 Å². The average Bonchev–Trinajstić information content (AvgIpc) is 2.52. The first kappa shape index (κ1) is 19.0. The topological polar surface area (TPSA) is 154 Å². The molecule has 11 heteroatoms. The van der Waals surface area contributed by atoms with Crippen LogP contribution in [0.5, 0.6) is 0 Å². The number of carbonyl (C=O) groups excluding carboxylic acids is 3. The van der Waals surface area contributed by atoms with Gasteiger partial charge in [0, 0.05) is 5.69 Å². The lowest BCUT2D eigenvalue weighted by atomic mass is 10.3. The molecule has 0 unspecified atom stereocenters. The Bertz CT molecular complexity index is 769. The number of hydrogen-bond acceptors (Lipinski definition) is 8. The van der Waals surface area contributed by atoms with Crippen LogP contribution in [-0.2, 0) is 29.1 Å². The molecule has 0 aliphatic carbocycles. The Kier molecular flexibility index (Phi) is 6.30. The summed E-state index contributed by atoms with van der Waals surface area (Å²) in [4.78, 5) is 33.3. The summed E-state index contributed by atoms with van der Waals surface area (Å²) in [5.74, 6) is -1.61. The maximum absolute atomic E-state index is 11.7. The molecule has 130 valence electrons. The Hall–Kier alpha value is -3.08. The zero-order valence-corrected chi connectivity index (χ0v) is 13.5. The Labute approximate surface area is 137 Å². The molecule has 0 radical (unpaired) electrons. The molecule has 2 amide bonds. The van der Waals surface area contributed by atoms with Gasteiger partial charge in [-0.2, -0.15) is 0 Å². The van der Waals surface area contributed by atoms with E-state index in [4.69, 9.17) is 5.73 Å². The van der Waals surface area contributed by atoms with Crippen LogP contribution < -0.4 is 15.8 Å². The normalized spacial score (nSPS) is 11.3. The smallest absolute Gasteiger partial charge is 0.354 e. The molecule has 0 aromatic heterocycles. The number of carbonyl (C=O) groups is 3. The highest BCUT2D eigenvalue weighted by Gasteiger charge is 2.17. The molecular formula is C13H15N3O7S. The van der Waals surface area contributed by atoms with Gasteiger partial charge in [0.25, 0.3) is 10.0 Å². The molecule has 0 spiro atoms. The summed E-state index contributed by atoms with van der Waals surface area (Å²) in [7, 11) is -1.82. The summed E-state index contributed by atoms with van der Waals surface area (Å²) in [5, 5.41) is 2.59. The molecule has 0 atom stereocenters. The van der Waals surface area contributed by atoms with Crippen molar-refractivity contribution in [2.24, 2.45) is 5.73 Å². The van der Waals surface area contributed by atoms with Crippen LogP contribution in [0.2, 0.25) is 0 Å². The SMILES string of the molecule is COC(=O)/C=C(/Nc1ccc(S(=O)(=O)NC(N)=O)cc1)C(=O)OC. The largest absolute Gasteiger partial charge is 0.466 e. The minimum atomic E-state index is -4.08. The van der Waals surface area contributed by atoms with Crippen LogP contribution in [0.1, 0.15) is 0 Å². The molecule has 0 heterocycles. The Morgan fingerprint density at radius 3 is 2.12 bits per heavy atom. The summed E-state index contributed by atoms with van der Waals surface area (Å²) in [6.45, 7) is 0. The predicted octanol–water partition coefficient (Wildman–Crippen LogP) is -0.315. The lowest BCUT2D eigenvalue weighted by molar-refractivity contribution is -0.138. The van der Waals surface area contributed by atoms with E-state index < -0.39 is 28.0 Å². The lowest BCUT2D eigenvalue weighted by Crippen LogP contribution is -2.34. The van der Waals surface area contributed by atoms with Crippen molar-refractivity contribution in [2.75, 3.05) is 19.5 Å². The van der Waals surface area contributed by atoms with E-state index in [9.17, 15) is 22.8 Å². The number of nitrogens with two attached hydrogens (primary N) is 1. The van der Waals surface area contributed by atoms with Gasteiger partial charge in [0.15, 0.2) is 0 Å². The zero-order chi connectivity index (χ0) is 18.3. The maximum atomic E-state index is 11.7. The van der Waals surface area contributed by atoms with Crippen molar-refractivity contribution >= 4 is 33.7 Å². The predicted molar refractivity (Wildman–Crippen MR) is 82.1 cm³/mol. The third kappa shape index (κ3) is 5.28. The van der Waals surface area contributed by atoms with Gasteiger partial charge in [-0.3, -0.25) is 0 Å². The van der Waals surface area contributed by atoms with Crippen LogP contribution in [0.3, 0.4) is 0 Å². The molecule has 10 nitrogen and oxygen atoms in total. The fourth-order valence-electron chi connectivity index (χ4n) is 1.50. The number of sulfonamides is 1. The monoisotopic (exact) mass is 357 g/mol. The van der Waals surface area contributed by atoms with Crippen molar-refractivity contribution in [3.63, 3.8) is 0 Å². The second-order valence-corrected chi connectivity index (χ2v) is 5.87. The molecule has 1 aromatic carbocycles. The molecule has 0 fully saturated rings. The first-order chi connectivity index (χ1) is 11.2. The molecule has 1 aromatic rings. The first-order valence-electron chi connectivity index (χ1n) is 6.27. The highest BCUT2D eigenvalue weighted by Crippen LogP contribution is 2.16. The van der Waals surface area contributed by atoms with Crippen LogP contribution in [0.4, 0.5) is 10.5 Å². The van der Waals surface area contributed by atoms with Crippen LogP contribution in [-0.4, -0.2) is 40.6 Å². The van der Waals surface area contributed by atoms with Gasteiger partial charge in [-0.15, -0.1) is 0 Å². The van der Waals surface area contributed by atoms with Gasteiger partial charge in [-0.05, 0) is 24.3 Å². The third-order valence-corrected chi connectivity index (χ3v) is 3.91. The van der Waals surface area contributed by atoms with E-state index in [1.165, 1.54) is 24.3 Å². The molecule has 4 N–H and O–H groups in total. The van der Waals surface area contributed by atoms with Gasteiger partial charge >= 0.3 is 18.0 Å². The summed E-state index contributed by atoms with van der Waals surface area (Å²) in [6, 6.07) is 3.74. The fourth-order valence-corrected chi connectivity index (χ4v) is 2.37. The van der Waals surface area contributed by atoms with E-state index in [1.54, 1.807) is 4.72 Å². The van der Waals surface area contributed by atoms with Crippen LogP contribution >= 0.6 is 0 Å². The number of rotatable bonds is 6. The van der Waals surface area contributed by atoms with Gasteiger partial charge in [0.1, 0.15) is 5.70 Å². The molecule has 0 saturated heterocycles. The van der Waals surface area contributed by atoms with Crippen LogP contribution in [0.15, 0.2) is 40.9 Å². The number of anilines is 1. The van der Waals surface area contributed by atoms with Crippen molar-refractivity contribution in [2.45, 2.75) is 4.90 Å². The zero-order valence-electron chi connectivity index (χ0n) is 12.7. The van der Waals surface area contributed by atoms with E-state index in [2.05, 4.69) is 14.8 Å². The molecule has 0 saturated carbocycles. The quantitative estimate of drug-likeness (QED) is 0.462. The Morgan fingerprint density at radius 2 is 1.67 bits per heavy atom. The maximum Gasteiger partial charge on any atom is 0.354 e. The number of primary amides is 1. The number of methoxy groups -OCH3 is 2. The highest BCUT2D eigenvalue weighted by atomic mass is 32.2. The van der Waals surface area contributed by atoms with Gasteiger partial charge in [0.05, 0.1) is 25.2 Å². The second kappa shape index (κ2) is 7.97. The van der Waals surface area contributed by atoms with Crippen molar-refractivity contribution in [1.29, 1.82) is 0 Å². The lowest BCUT2D eigenvalue weighted by Gasteiger charge is -2.10. The summed E-state index contributed by atoms with van der Waals surface area (Å²) in [5.41, 5.74) is 4.85. The van der Waals surface area contributed by atoms with E-state index in [0.29, 0.717) is 0 Å². The number of amides is 2. The summed E-state index contributed by atoms with van der Waals surface area (Å²) < 4.78 is 34.0. The molecule has 1 rings (SSSR count). The minimum absolute atomic E-state index is 0.213. The molecule has 0 bridgehead atoms. The second-order valence-electron chi connectivity index (χ2n) is 4.19. The van der Waals surface area contributed by atoms with Gasteiger partial charge in [-0.25, -0.2) is 27.5 Å².